The second-order valence-corrected chi connectivity index (χ2v) is 7.75. The molecular formula is C22H16Cl2N4OS. The second kappa shape index (κ2) is 8.52. The van der Waals surface area contributed by atoms with Crippen LogP contribution in [0.4, 0.5) is 5.69 Å². The van der Waals surface area contributed by atoms with Crippen LogP contribution in [0.2, 0.25) is 10.0 Å². The summed E-state index contributed by atoms with van der Waals surface area (Å²) in [5.74, 6) is 0.208. The molecule has 0 fully saturated rings. The van der Waals surface area contributed by atoms with Gasteiger partial charge in [0.1, 0.15) is 5.82 Å². The number of nitrogens with zero attached hydrogens (tertiary/aromatic N) is 2. The number of imidazole rings is 1. The molecule has 2 aromatic carbocycles. The van der Waals surface area contributed by atoms with Crippen molar-refractivity contribution in [1.82, 2.24) is 15.0 Å². The highest BCUT2D eigenvalue weighted by Crippen LogP contribution is 2.30. The summed E-state index contributed by atoms with van der Waals surface area (Å²) in [6, 6.07) is 10.5. The Bertz CT molecular complexity index is 1250. The summed E-state index contributed by atoms with van der Waals surface area (Å²) in [4.78, 5) is 25.4. The van der Waals surface area contributed by atoms with E-state index < -0.39 is 5.91 Å². The first-order valence-corrected chi connectivity index (χ1v) is 10.4. The zero-order valence-corrected chi connectivity index (χ0v) is 18.2. The van der Waals surface area contributed by atoms with Gasteiger partial charge in [-0.2, -0.15) is 0 Å². The molecule has 4 rings (SSSR count). The number of H-pyrrole nitrogens is 1. The van der Waals surface area contributed by atoms with Gasteiger partial charge in [0.25, 0.3) is 5.91 Å². The van der Waals surface area contributed by atoms with Gasteiger partial charge in [0.05, 0.1) is 31.7 Å². The summed E-state index contributed by atoms with van der Waals surface area (Å²) in [5.41, 5.74) is 3.25. The number of amides is 1. The number of fused-ring (bicyclic) bond motifs is 1. The number of carbonyl (C=O) groups excluding carboxylic acids is 1. The van der Waals surface area contributed by atoms with Crippen LogP contribution in [0.15, 0.2) is 55.0 Å². The number of para-hydroxylation sites is 1. The topological polar surface area (TPSA) is 70.7 Å². The SMILES string of the molecule is CCc1cnc2c(NC(=O)c3c(Cl)cccc3Cl)cccc2c1C(=S)c1ncc[nH]1. The number of carbonyl (C=O) groups is 1. The fourth-order valence-electron chi connectivity index (χ4n) is 3.31. The molecule has 4 aromatic rings. The maximum absolute atomic E-state index is 12.9. The lowest BCUT2D eigenvalue weighted by atomic mass is 9.98. The number of aryl methyl sites for hydroxylation is 1. The standard InChI is InChI=1S/C22H16Cl2N4OS/c1-2-12-11-27-19-13(17(12)20(30)21-25-9-10-26-21)5-3-8-16(19)28-22(29)18-14(23)6-4-7-15(18)24/h3-11H,2H2,1H3,(H,25,26)(H,28,29). The number of pyridine rings is 1. The minimum absolute atomic E-state index is 0.217. The van der Waals surface area contributed by atoms with Crippen molar-refractivity contribution >= 4 is 62.8 Å². The first-order valence-electron chi connectivity index (χ1n) is 9.21. The smallest absolute Gasteiger partial charge is 0.258 e. The largest absolute Gasteiger partial charge is 0.344 e. The third-order valence-electron chi connectivity index (χ3n) is 4.74. The van der Waals surface area contributed by atoms with Crippen LogP contribution in [0, 0.1) is 0 Å². The average molecular weight is 455 g/mol. The Kier molecular flexibility index (Phi) is 5.81. The van der Waals surface area contributed by atoms with Gasteiger partial charge in [0.2, 0.25) is 0 Å². The summed E-state index contributed by atoms with van der Waals surface area (Å²) >= 11 is 18.1. The highest BCUT2D eigenvalue weighted by Gasteiger charge is 2.19. The van der Waals surface area contributed by atoms with Gasteiger partial charge in [-0.3, -0.25) is 9.78 Å². The first-order chi connectivity index (χ1) is 14.5. The van der Waals surface area contributed by atoms with Gasteiger partial charge in [-0.1, -0.05) is 60.5 Å². The van der Waals surface area contributed by atoms with E-state index in [9.17, 15) is 4.79 Å². The summed E-state index contributed by atoms with van der Waals surface area (Å²) in [7, 11) is 0. The van der Waals surface area contributed by atoms with Crippen LogP contribution >= 0.6 is 35.4 Å². The molecule has 2 aromatic heterocycles. The molecule has 0 saturated carbocycles. The molecule has 2 N–H and O–H groups in total. The Balaban J connectivity index is 1.82. The van der Waals surface area contributed by atoms with Crippen molar-refractivity contribution in [1.29, 1.82) is 0 Å². The third kappa shape index (κ3) is 3.69. The average Bonchev–Trinajstić information content (AvgIpc) is 3.27. The number of thiocarbonyl (C=S) groups is 1. The molecule has 8 heteroatoms. The van der Waals surface area contributed by atoms with Crippen molar-refractivity contribution in [2.45, 2.75) is 13.3 Å². The van der Waals surface area contributed by atoms with Crippen molar-refractivity contribution in [3.05, 3.63) is 87.5 Å². The normalized spacial score (nSPS) is 10.9. The molecule has 0 spiro atoms. The highest BCUT2D eigenvalue weighted by atomic mass is 35.5. The zero-order valence-electron chi connectivity index (χ0n) is 15.9. The lowest BCUT2D eigenvalue weighted by molar-refractivity contribution is 0.102. The van der Waals surface area contributed by atoms with Crippen molar-refractivity contribution in [2.75, 3.05) is 5.32 Å². The summed E-state index contributed by atoms with van der Waals surface area (Å²) < 4.78 is 0. The molecule has 0 saturated heterocycles. The number of rotatable bonds is 5. The molecule has 0 atom stereocenters. The van der Waals surface area contributed by atoms with Gasteiger partial charge < -0.3 is 10.3 Å². The predicted octanol–water partition coefficient (Wildman–Crippen LogP) is 5.85. The summed E-state index contributed by atoms with van der Waals surface area (Å²) in [5, 5.41) is 4.27. The van der Waals surface area contributed by atoms with E-state index in [0.717, 1.165) is 22.9 Å². The molecule has 0 unspecified atom stereocenters. The lowest BCUT2D eigenvalue weighted by Gasteiger charge is -2.15. The van der Waals surface area contributed by atoms with Crippen molar-refractivity contribution in [3.63, 3.8) is 0 Å². The third-order valence-corrected chi connectivity index (χ3v) is 5.76. The van der Waals surface area contributed by atoms with Gasteiger partial charge in [0.15, 0.2) is 0 Å². The van der Waals surface area contributed by atoms with Gasteiger partial charge in [-0.05, 0) is 30.2 Å². The van der Waals surface area contributed by atoms with E-state index in [1.165, 1.54) is 0 Å². The second-order valence-electron chi connectivity index (χ2n) is 6.53. The Morgan fingerprint density at radius 3 is 2.50 bits per heavy atom. The number of nitrogens with one attached hydrogen (secondary N) is 2. The Labute approximate surface area is 188 Å². The molecule has 0 radical (unpaired) electrons. The number of aromatic nitrogens is 3. The van der Waals surface area contributed by atoms with Crippen LogP contribution < -0.4 is 5.32 Å². The maximum atomic E-state index is 12.9. The molecule has 2 heterocycles. The van der Waals surface area contributed by atoms with Crippen LogP contribution in [0.3, 0.4) is 0 Å². The van der Waals surface area contributed by atoms with E-state index in [4.69, 9.17) is 35.4 Å². The lowest BCUT2D eigenvalue weighted by Crippen LogP contribution is -2.14. The summed E-state index contributed by atoms with van der Waals surface area (Å²) in [6.45, 7) is 2.04. The van der Waals surface area contributed by atoms with E-state index in [1.807, 2.05) is 19.1 Å². The number of anilines is 1. The van der Waals surface area contributed by atoms with E-state index in [1.54, 1.807) is 42.9 Å². The molecule has 0 aliphatic rings. The van der Waals surface area contributed by atoms with Crippen molar-refractivity contribution < 1.29 is 4.79 Å². The molecule has 0 bridgehead atoms. The van der Waals surface area contributed by atoms with Gasteiger partial charge in [-0.25, -0.2) is 4.98 Å². The van der Waals surface area contributed by atoms with E-state index in [-0.39, 0.29) is 15.6 Å². The van der Waals surface area contributed by atoms with Crippen LogP contribution in [-0.2, 0) is 6.42 Å². The highest BCUT2D eigenvalue weighted by molar-refractivity contribution is 7.81. The Hall–Kier alpha value is -2.80. The van der Waals surface area contributed by atoms with Gasteiger partial charge >= 0.3 is 0 Å². The molecule has 150 valence electrons. The van der Waals surface area contributed by atoms with Crippen LogP contribution in [0.5, 0.6) is 0 Å². The fourth-order valence-corrected chi connectivity index (χ4v) is 4.23. The van der Waals surface area contributed by atoms with Gasteiger partial charge in [0, 0.05) is 29.5 Å². The van der Waals surface area contributed by atoms with Gasteiger partial charge in [-0.15, -0.1) is 0 Å². The van der Waals surface area contributed by atoms with E-state index in [0.29, 0.717) is 21.9 Å². The monoisotopic (exact) mass is 454 g/mol. The number of hydrogen-bond donors (Lipinski definition) is 2. The number of aromatic amines is 1. The zero-order chi connectivity index (χ0) is 21.3. The van der Waals surface area contributed by atoms with E-state index >= 15 is 0 Å². The number of benzene rings is 2. The van der Waals surface area contributed by atoms with Crippen LogP contribution in [-0.4, -0.2) is 25.7 Å². The summed E-state index contributed by atoms with van der Waals surface area (Å²) in [6.07, 6.45) is 5.93. The molecule has 30 heavy (non-hydrogen) atoms. The van der Waals surface area contributed by atoms with Crippen LogP contribution in [0.1, 0.15) is 34.2 Å². The number of halogens is 2. The number of hydrogen-bond acceptors (Lipinski definition) is 4. The Morgan fingerprint density at radius 2 is 1.83 bits per heavy atom. The Morgan fingerprint density at radius 1 is 1.10 bits per heavy atom. The predicted molar refractivity (Wildman–Crippen MR) is 125 cm³/mol. The molecule has 1 amide bonds. The van der Waals surface area contributed by atoms with Crippen molar-refractivity contribution in [2.24, 2.45) is 0 Å². The maximum Gasteiger partial charge on any atom is 0.258 e. The molecule has 0 aliphatic heterocycles. The minimum Gasteiger partial charge on any atom is -0.344 e. The molecule has 0 aliphatic carbocycles. The van der Waals surface area contributed by atoms with Crippen LogP contribution in [0.25, 0.3) is 10.9 Å². The quantitative estimate of drug-likeness (QED) is 0.293. The molecular weight excluding hydrogens is 439 g/mol. The minimum atomic E-state index is -0.408. The van der Waals surface area contributed by atoms with E-state index in [2.05, 4.69) is 20.3 Å². The van der Waals surface area contributed by atoms with Crippen molar-refractivity contribution in [3.8, 4) is 0 Å². The molecule has 5 nitrogen and oxygen atoms in total. The fraction of sp³-hybridized carbons (Fsp3) is 0.0909. The first kappa shape index (κ1) is 20.5.